The molecule has 9 heteroatoms. The van der Waals surface area contributed by atoms with Crippen LogP contribution in [0.5, 0.6) is 0 Å². The maximum absolute atomic E-state index is 11.2. The van der Waals surface area contributed by atoms with Gasteiger partial charge in [-0.2, -0.15) is 18.6 Å². The molecule has 0 saturated carbocycles. The number of azo groups is 1. The third-order valence-electron chi connectivity index (χ3n) is 3.93. The number of benzene rings is 2. The summed E-state index contributed by atoms with van der Waals surface area (Å²) in [6.07, 6.45) is 0.365. The molecule has 8 nitrogen and oxygen atoms in total. The van der Waals surface area contributed by atoms with Crippen molar-refractivity contribution in [1.29, 1.82) is 0 Å². The second-order valence-electron chi connectivity index (χ2n) is 5.84. The van der Waals surface area contributed by atoms with Crippen LogP contribution >= 0.6 is 0 Å². The Morgan fingerprint density at radius 2 is 1.54 bits per heavy atom. The Hall–Kier alpha value is -2.78. The van der Waals surface area contributed by atoms with Crippen molar-refractivity contribution in [3.63, 3.8) is 0 Å². The highest BCUT2D eigenvalue weighted by Crippen LogP contribution is 2.23. The molecule has 0 heterocycles. The fraction of sp³-hybridized carbons (Fsp3) is 0.316. The molecule has 0 spiro atoms. The van der Waals surface area contributed by atoms with Crippen LogP contribution in [0.15, 0.2) is 63.7 Å². The third-order valence-corrected chi connectivity index (χ3v) is 4.79. The van der Waals surface area contributed by atoms with Crippen molar-refractivity contribution in [3.05, 3.63) is 48.5 Å². The molecule has 0 atom stereocenters. The van der Waals surface area contributed by atoms with E-state index in [-0.39, 0.29) is 10.9 Å². The van der Waals surface area contributed by atoms with Crippen LogP contribution in [0, 0.1) is 0 Å². The molecule has 2 aromatic carbocycles. The van der Waals surface area contributed by atoms with Gasteiger partial charge < -0.3 is 9.64 Å². The van der Waals surface area contributed by atoms with Crippen LogP contribution in [0.25, 0.3) is 0 Å². The summed E-state index contributed by atoms with van der Waals surface area (Å²) < 4.78 is 36.1. The number of esters is 1. The smallest absolute Gasteiger partial charge is 0.305 e. The lowest BCUT2D eigenvalue weighted by Crippen LogP contribution is -2.27. The summed E-state index contributed by atoms with van der Waals surface area (Å²) in [5, 5.41) is 8.17. The Labute approximate surface area is 164 Å². The van der Waals surface area contributed by atoms with Crippen LogP contribution in [0.4, 0.5) is 17.1 Å². The minimum atomic E-state index is -4.22. The van der Waals surface area contributed by atoms with Gasteiger partial charge in [-0.15, -0.1) is 0 Å². The lowest BCUT2D eigenvalue weighted by molar-refractivity contribution is -0.142. The van der Waals surface area contributed by atoms with E-state index < -0.39 is 10.1 Å². The van der Waals surface area contributed by atoms with Gasteiger partial charge in [0, 0.05) is 18.7 Å². The van der Waals surface area contributed by atoms with Crippen molar-refractivity contribution in [2.24, 2.45) is 10.2 Å². The summed E-state index contributed by atoms with van der Waals surface area (Å²) in [6.45, 7) is 5.48. The van der Waals surface area contributed by atoms with Crippen LogP contribution in [-0.4, -0.2) is 38.6 Å². The van der Waals surface area contributed by atoms with Crippen molar-refractivity contribution < 1.29 is 22.5 Å². The fourth-order valence-corrected chi connectivity index (χ4v) is 2.85. The van der Waals surface area contributed by atoms with Gasteiger partial charge in [0.1, 0.15) is 6.61 Å². The number of hydrogen-bond acceptors (Lipinski definition) is 7. The van der Waals surface area contributed by atoms with Gasteiger partial charge in [-0.3, -0.25) is 9.35 Å². The SMILES string of the molecule is CCC(=O)OCCN(CC)c1ccc(/N=N/c2ccc(S(=O)(=O)O)cc2)cc1. The van der Waals surface area contributed by atoms with Gasteiger partial charge >= 0.3 is 5.97 Å². The van der Waals surface area contributed by atoms with E-state index in [0.717, 1.165) is 12.2 Å². The maximum atomic E-state index is 11.2. The molecule has 150 valence electrons. The number of hydrogen-bond donors (Lipinski definition) is 1. The number of carbonyl (C=O) groups is 1. The quantitative estimate of drug-likeness (QED) is 0.382. The maximum Gasteiger partial charge on any atom is 0.305 e. The van der Waals surface area contributed by atoms with Crippen molar-refractivity contribution in [2.75, 3.05) is 24.6 Å². The average molecular weight is 405 g/mol. The van der Waals surface area contributed by atoms with Crippen molar-refractivity contribution in [3.8, 4) is 0 Å². The molecule has 0 radical (unpaired) electrons. The molecule has 0 amide bonds. The number of ether oxygens (including phenoxy) is 1. The minimum Gasteiger partial charge on any atom is -0.464 e. The normalized spacial score (nSPS) is 11.5. The van der Waals surface area contributed by atoms with E-state index >= 15 is 0 Å². The first-order chi connectivity index (χ1) is 13.3. The molecular weight excluding hydrogens is 382 g/mol. The third kappa shape index (κ3) is 6.43. The first kappa shape index (κ1) is 21.5. The van der Waals surface area contributed by atoms with Crippen molar-refractivity contribution in [2.45, 2.75) is 25.2 Å². The molecule has 2 aromatic rings. The van der Waals surface area contributed by atoms with E-state index in [1.54, 1.807) is 6.92 Å². The average Bonchev–Trinajstić information content (AvgIpc) is 2.69. The molecular formula is C19H23N3O5S. The van der Waals surface area contributed by atoms with Crippen LogP contribution < -0.4 is 4.90 Å². The van der Waals surface area contributed by atoms with Gasteiger partial charge in [-0.05, 0) is 55.5 Å². The Balaban J connectivity index is 1.99. The number of rotatable bonds is 9. The van der Waals surface area contributed by atoms with E-state index in [2.05, 4.69) is 15.1 Å². The first-order valence-corrected chi connectivity index (χ1v) is 10.3. The molecule has 0 aromatic heterocycles. The van der Waals surface area contributed by atoms with E-state index in [9.17, 15) is 13.2 Å². The minimum absolute atomic E-state index is 0.194. The second kappa shape index (κ2) is 9.95. The zero-order chi connectivity index (χ0) is 20.6. The van der Waals surface area contributed by atoms with Gasteiger partial charge in [0.05, 0.1) is 22.8 Å². The van der Waals surface area contributed by atoms with Crippen LogP contribution in [0.1, 0.15) is 20.3 Å². The van der Waals surface area contributed by atoms with E-state index in [4.69, 9.17) is 9.29 Å². The van der Waals surface area contributed by atoms with Gasteiger partial charge in [0.25, 0.3) is 10.1 Å². The highest BCUT2D eigenvalue weighted by atomic mass is 32.2. The molecule has 2 rings (SSSR count). The van der Waals surface area contributed by atoms with E-state index in [1.807, 2.05) is 31.2 Å². The standard InChI is InChI=1S/C19H23N3O5S/c1-3-19(23)27-14-13-22(4-2)17-9-5-15(6-10-17)20-21-16-7-11-18(12-8-16)28(24,25)26/h5-12H,3-4,13-14H2,1-2H3,(H,24,25,26)/b21-20+. The molecule has 0 aliphatic carbocycles. The summed E-state index contributed by atoms with van der Waals surface area (Å²) >= 11 is 0. The van der Waals surface area contributed by atoms with Gasteiger partial charge in [0.2, 0.25) is 0 Å². The molecule has 0 aliphatic rings. The summed E-state index contributed by atoms with van der Waals surface area (Å²) in [7, 11) is -4.22. The highest BCUT2D eigenvalue weighted by molar-refractivity contribution is 7.85. The predicted octanol–water partition coefficient (Wildman–Crippen LogP) is 4.13. The predicted molar refractivity (Wildman–Crippen MR) is 106 cm³/mol. The summed E-state index contributed by atoms with van der Waals surface area (Å²) in [5.74, 6) is -0.212. The van der Waals surface area contributed by atoms with Crippen LogP contribution in [-0.2, 0) is 19.6 Å². The van der Waals surface area contributed by atoms with Gasteiger partial charge in [-0.25, -0.2) is 0 Å². The fourth-order valence-electron chi connectivity index (χ4n) is 2.37. The number of nitrogens with zero attached hydrogens (tertiary/aromatic N) is 3. The van der Waals surface area contributed by atoms with Crippen molar-refractivity contribution >= 4 is 33.1 Å². The summed E-state index contributed by atoms with van der Waals surface area (Å²) in [5.41, 5.74) is 2.08. The second-order valence-corrected chi connectivity index (χ2v) is 7.26. The molecule has 1 N–H and O–H groups in total. The lowest BCUT2D eigenvalue weighted by Gasteiger charge is -2.22. The number of anilines is 1. The van der Waals surface area contributed by atoms with Crippen molar-refractivity contribution in [1.82, 2.24) is 0 Å². The summed E-state index contributed by atoms with van der Waals surface area (Å²) in [6, 6.07) is 12.9. The topological polar surface area (TPSA) is 109 Å². The molecule has 0 saturated heterocycles. The Morgan fingerprint density at radius 1 is 1.00 bits per heavy atom. The molecule has 28 heavy (non-hydrogen) atoms. The van der Waals surface area contributed by atoms with Gasteiger partial charge in [-0.1, -0.05) is 6.92 Å². The zero-order valence-corrected chi connectivity index (χ0v) is 16.6. The lowest BCUT2D eigenvalue weighted by atomic mass is 10.2. The molecule has 0 aliphatic heterocycles. The molecule has 0 unspecified atom stereocenters. The number of carbonyl (C=O) groups excluding carboxylic acids is 1. The van der Waals surface area contributed by atoms with Crippen LogP contribution in [0.2, 0.25) is 0 Å². The van der Waals surface area contributed by atoms with E-state index in [1.165, 1.54) is 24.3 Å². The number of likely N-dealkylation sites (N-methyl/N-ethyl adjacent to an activating group) is 1. The van der Waals surface area contributed by atoms with E-state index in [0.29, 0.717) is 30.9 Å². The largest absolute Gasteiger partial charge is 0.464 e. The molecule has 0 bridgehead atoms. The van der Waals surface area contributed by atoms with Gasteiger partial charge in [0.15, 0.2) is 0 Å². The Kier molecular flexibility index (Phi) is 7.65. The Morgan fingerprint density at radius 3 is 2.00 bits per heavy atom. The monoisotopic (exact) mass is 405 g/mol. The Bertz CT molecular complexity index is 910. The molecule has 0 fully saturated rings. The van der Waals surface area contributed by atoms with Crippen LogP contribution in [0.3, 0.4) is 0 Å². The first-order valence-electron chi connectivity index (χ1n) is 8.83. The highest BCUT2D eigenvalue weighted by Gasteiger charge is 2.08. The zero-order valence-electron chi connectivity index (χ0n) is 15.8. The summed E-state index contributed by atoms with van der Waals surface area (Å²) in [4.78, 5) is 13.1.